The van der Waals surface area contributed by atoms with Crippen molar-refractivity contribution < 1.29 is 18.8 Å². The van der Waals surface area contributed by atoms with Gasteiger partial charge in [-0.1, -0.05) is 20.8 Å². The molecule has 0 radical (unpaired) electrons. The van der Waals surface area contributed by atoms with Gasteiger partial charge in [-0.15, -0.1) is 0 Å². The third kappa shape index (κ3) is 4.98. The topological polar surface area (TPSA) is 118 Å². The Morgan fingerprint density at radius 3 is 2.40 bits per heavy atom. The van der Waals surface area contributed by atoms with Crippen LogP contribution in [0.3, 0.4) is 0 Å². The van der Waals surface area contributed by atoms with Gasteiger partial charge in [0.15, 0.2) is 0 Å². The fourth-order valence-corrected chi connectivity index (χ4v) is 2.90. The number of hydrogen-bond acceptors (Lipinski definition) is 4. The summed E-state index contributed by atoms with van der Waals surface area (Å²) in [4.78, 5) is 37.7. The number of nitrogens with two attached hydrogens (primary N) is 1. The number of carbonyl (C=O) groups excluding carboxylic acids is 3. The van der Waals surface area contributed by atoms with E-state index in [1.165, 1.54) is 12.5 Å². The molecule has 8 nitrogen and oxygen atoms in total. The average molecular weight is 350 g/mol. The van der Waals surface area contributed by atoms with Gasteiger partial charge in [0.25, 0.3) is 5.91 Å². The highest BCUT2D eigenvalue weighted by Crippen LogP contribution is 2.20. The van der Waals surface area contributed by atoms with Gasteiger partial charge in [0.2, 0.25) is 5.91 Å². The van der Waals surface area contributed by atoms with Gasteiger partial charge >= 0.3 is 6.03 Å². The third-order valence-corrected chi connectivity index (χ3v) is 4.31. The molecule has 1 aromatic heterocycles. The van der Waals surface area contributed by atoms with E-state index >= 15 is 0 Å². The molecule has 1 fully saturated rings. The molecule has 4 N–H and O–H groups in total. The second kappa shape index (κ2) is 7.58. The molecule has 0 aliphatic carbocycles. The number of hydrogen-bond donors (Lipinski definition) is 3. The van der Waals surface area contributed by atoms with Gasteiger partial charge in [0.1, 0.15) is 12.3 Å². The SMILES string of the molecule is CC(C)(C)C(NC(N)=O)C(=O)NC1CCN(C(=O)c2ccoc2)CC1. The zero-order chi connectivity index (χ0) is 18.6. The maximum atomic E-state index is 12.5. The molecule has 1 aliphatic heterocycles. The van der Waals surface area contributed by atoms with Crippen LogP contribution in [0, 0.1) is 5.41 Å². The van der Waals surface area contributed by atoms with E-state index in [0.29, 0.717) is 31.5 Å². The van der Waals surface area contributed by atoms with Crippen LogP contribution in [0.1, 0.15) is 44.0 Å². The summed E-state index contributed by atoms with van der Waals surface area (Å²) in [6, 6.07) is 0.159. The van der Waals surface area contributed by atoms with Crippen LogP contribution in [0.2, 0.25) is 0 Å². The van der Waals surface area contributed by atoms with Crippen molar-refractivity contribution in [2.75, 3.05) is 13.1 Å². The van der Waals surface area contributed by atoms with E-state index in [-0.39, 0.29) is 17.9 Å². The summed E-state index contributed by atoms with van der Waals surface area (Å²) in [6.07, 6.45) is 4.21. The Labute approximate surface area is 147 Å². The first-order valence-electron chi connectivity index (χ1n) is 8.36. The van der Waals surface area contributed by atoms with Gasteiger partial charge in [-0.25, -0.2) is 4.79 Å². The quantitative estimate of drug-likeness (QED) is 0.753. The lowest BCUT2D eigenvalue weighted by atomic mass is 9.86. The summed E-state index contributed by atoms with van der Waals surface area (Å²) in [5, 5.41) is 5.47. The lowest BCUT2D eigenvalue weighted by molar-refractivity contribution is -0.126. The van der Waals surface area contributed by atoms with Crippen LogP contribution in [-0.4, -0.2) is 47.9 Å². The van der Waals surface area contributed by atoms with Crippen LogP contribution >= 0.6 is 0 Å². The van der Waals surface area contributed by atoms with E-state index in [2.05, 4.69) is 10.6 Å². The summed E-state index contributed by atoms with van der Waals surface area (Å²) in [5.74, 6) is -0.326. The first-order valence-corrected chi connectivity index (χ1v) is 8.36. The number of urea groups is 1. The standard InChI is InChI=1S/C17H26N4O4/c1-17(2,3)13(20-16(18)24)14(22)19-12-4-7-21(8-5-12)15(23)11-6-9-25-10-11/h6,9-10,12-13H,4-5,7-8H2,1-3H3,(H,19,22)(H3,18,20,24). The van der Waals surface area contributed by atoms with Crippen molar-refractivity contribution in [2.24, 2.45) is 11.1 Å². The average Bonchev–Trinajstić information content (AvgIpc) is 3.05. The number of likely N-dealkylation sites (tertiary alicyclic amines) is 1. The molecule has 138 valence electrons. The van der Waals surface area contributed by atoms with Gasteiger partial charge in [-0.05, 0) is 24.3 Å². The van der Waals surface area contributed by atoms with Gasteiger partial charge in [-0.3, -0.25) is 9.59 Å². The Morgan fingerprint density at radius 2 is 1.92 bits per heavy atom. The first kappa shape index (κ1) is 18.8. The molecule has 0 aromatic carbocycles. The maximum absolute atomic E-state index is 12.5. The van der Waals surface area contributed by atoms with Gasteiger partial charge < -0.3 is 25.7 Å². The number of rotatable bonds is 4. The molecular weight excluding hydrogens is 324 g/mol. The molecule has 1 atom stereocenters. The Kier molecular flexibility index (Phi) is 5.71. The summed E-state index contributed by atoms with van der Waals surface area (Å²) in [5.41, 5.74) is 5.24. The molecule has 1 aromatic rings. The van der Waals surface area contributed by atoms with Crippen LogP contribution in [0.25, 0.3) is 0 Å². The number of piperidine rings is 1. The van der Waals surface area contributed by atoms with Crippen LogP contribution in [0.4, 0.5) is 4.79 Å². The maximum Gasteiger partial charge on any atom is 0.312 e. The second-order valence-electron chi connectivity index (χ2n) is 7.39. The molecule has 1 saturated heterocycles. The van der Waals surface area contributed by atoms with E-state index in [1.807, 2.05) is 20.8 Å². The lowest BCUT2D eigenvalue weighted by Crippen LogP contribution is -2.57. The summed E-state index contributed by atoms with van der Waals surface area (Å²) < 4.78 is 4.94. The van der Waals surface area contributed by atoms with E-state index in [9.17, 15) is 14.4 Å². The molecule has 0 bridgehead atoms. The van der Waals surface area contributed by atoms with Crippen molar-refractivity contribution in [1.29, 1.82) is 0 Å². The Bertz CT molecular complexity index is 613. The van der Waals surface area contributed by atoms with Crippen LogP contribution < -0.4 is 16.4 Å². The zero-order valence-electron chi connectivity index (χ0n) is 14.9. The lowest BCUT2D eigenvalue weighted by Gasteiger charge is -2.35. The fraction of sp³-hybridized carbons (Fsp3) is 0.588. The van der Waals surface area contributed by atoms with E-state index < -0.39 is 17.5 Å². The second-order valence-corrected chi connectivity index (χ2v) is 7.39. The zero-order valence-corrected chi connectivity index (χ0v) is 14.9. The molecule has 25 heavy (non-hydrogen) atoms. The van der Waals surface area contributed by atoms with Crippen LogP contribution in [0.15, 0.2) is 23.0 Å². The van der Waals surface area contributed by atoms with Crippen molar-refractivity contribution in [1.82, 2.24) is 15.5 Å². The predicted octanol–water partition coefficient (Wildman–Crippen LogP) is 1.08. The molecule has 2 rings (SSSR count). The first-order chi connectivity index (χ1) is 11.7. The van der Waals surface area contributed by atoms with E-state index in [0.717, 1.165) is 0 Å². The largest absolute Gasteiger partial charge is 0.472 e. The highest BCUT2D eigenvalue weighted by Gasteiger charge is 2.34. The summed E-state index contributed by atoms with van der Waals surface area (Å²) in [7, 11) is 0. The highest BCUT2D eigenvalue weighted by atomic mass is 16.3. The number of furan rings is 1. The minimum atomic E-state index is -0.726. The molecule has 2 heterocycles. The number of nitrogens with one attached hydrogen (secondary N) is 2. The predicted molar refractivity (Wildman–Crippen MR) is 91.7 cm³/mol. The van der Waals surface area contributed by atoms with E-state index in [1.54, 1.807) is 11.0 Å². The Morgan fingerprint density at radius 1 is 1.28 bits per heavy atom. The third-order valence-electron chi connectivity index (χ3n) is 4.31. The number of primary amides is 1. The van der Waals surface area contributed by atoms with Gasteiger partial charge in [-0.2, -0.15) is 0 Å². The minimum Gasteiger partial charge on any atom is -0.472 e. The van der Waals surface area contributed by atoms with Crippen molar-refractivity contribution in [3.05, 3.63) is 24.2 Å². The van der Waals surface area contributed by atoms with Crippen LogP contribution in [-0.2, 0) is 4.79 Å². The van der Waals surface area contributed by atoms with Crippen molar-refractivity contribution in [3.8, 4) is 0 Å². The molecular formula is C17H26N4O4. The molecule has 8 heteroatoms. The van der Waals surface area contributed by atoms with E-state index in [4.69, 9.17) is 10.2 Å². The fourth-order valence-electron chi connectivity index (χ4n) is 2.90. The highest BCUT2D eigenvalue weighted by molar-refractivity contribution is 5.94. The number of nitrogens with zero attached hydrogens (tertiary/aromatic N) is 1. The minimum absolute atomic E-state index is 0.0413. The number of carbonyl (C=O) groups is 3. The number of amides is 4. The molecule has 0 saturated carbocycles. The Balaban J connectivity index is 1.89. The summed E-state index contributed by atoms with van der Waals surface area (Å²) >= 11 is 0. The van der Waals surface area contributed by atoms with Crippen molar-refractivity contribution >= 4 is 17.8 Å². The molecule has 1 unspecified atom stereocenters. The van der Waals surface area contributed by atoms with Gasteiger partial charge in [0, 0.05) is 19.1 Å². The normalized spacial score (nSPS) is 17.0. The van der Waals surface area contributed by atoms with Crippen LogP contribution in [0.5, 0.6) is 0 Å². The van der Waals surface area contributed by atoms with Crippen molar-refractivity contribution in [2.45, 2.75) is 45.7 Å². The van der Waals surface area contributed by atoms with Gasteiger partial charge in [0.05, 0.1) is 11.8 Å². The monoisotopic (exact) mass is 350 g/mol. The molecule has 4 amide bonds. The molecule has 1 aliphatic rings. The summed E-state index contributed by atoms with van der Waals surface area (Å²) in [6.45, 7) is 6.69. The molecule has 0 spiro atoms. The smallest absolute Gasteiger partial charge is 0.312 e. The Hall–Kier alpha value is -2.51. The van der Waals surface area contributed by atoms with Crippen molar-refractivity contribution in [3.63, 3.8) is 0 Å².